The van der Waals surface area contributed by atoms with E-state index in [0.717, 1.165) is 25.6 Å². The number of rotatable bonds is 10. The molecule has 0 aromatic heterocycles. The first kappa shape index (κ1) is 13.5. The summed E-state index contributed by atoms with van der Waals surface area (Å²) in [7, 11) is 0. The molecule has 0 aromatic carbocycles. The first-order chi connectivity index (χ1) is 7.83. The summed E-state index contributed by atoms with van der Waals surface area (Å²) in [6, 6.07) is 0.742. The normalized spacial score (nSPS) is 15.1. The van der Waals surface area contributed by atoms with Gasteiger partial charge in [-0.2, -0.15) is 0 Å². The van der Waals surface area contributed by atoms with E-state index in [-0.39, 0.29) is 5.91 Å². The fourth-order valence-corrected chi connectivity index (χ4v) is 1.74. The van der Waals surface area contributed by atoms with Crippen molar-refractivity contribution in [3.63, 3.8) is 0 Å². The van der Waals surface area contributed by atoms with E-state index in [2.05, 4.69) is 17.6 Å². The highest BCUT2D eigenvalue weighted by atomic mass is 16.1. The molecular formula is C13H26N2O. The lowest BCUT2D eigenvalue weighted by Gasteiger charge is -2.05. The Morgan fingerprint density at radius 1 is 1.12 bits per heavy atom. The number of hydrogen-bond acceptors (Lipinski definition) is 2. The van der Waals surface area contributed by atoms with Crippen LogP contribution in [0.15, 0.2) is 0 Å². The molecule has 0 saturated heterocycles. The molecule has 1 fully saturated rings. The fourth-order valence-electron chi connectivity index (χ4n) is 1.74. The van der Waals surface area contributed by atoms with Crippen molar-refractivity contribution in [1.82, 2.24) is 10.6 Å². The molecule has 0 atom stereocenters. The zero-order valence-electron chi connectivity index (χ0n) is 10.6. The van der Waals surface area contributed by atoms with Crippen LogP contribution in [0.25, 0.3) is 0 Å². The maximum absolute atomic E-state index is 11.4. The minimum Gasteiger partial charge on any atom is -0.355 e. The van der Waals surface area contributed by atoms with Gasteiger partial charge < -0.3 is 10.6 Å². The van der Waals surface area contributed by atoms with Crippen molar-refractivity contribution in [2.75, 3.05) is 13.1 Å². The van der Waals surface area contributed by atoms with Crippen LogP contribution in [0, 0.1) is 0 Å². The summed E-state index contributed by atoms with van der Waals surface area (Å²) in [6.45, 7) is 3.91. The molecule has 0 radical (unpaired) electrons. The van der Waals surface area contributed by atoms with Crippen LogP contribution in [0.1, 0.15) is 58.3 Å². The Balaban J connectivity index is 1.78. The smallest absolute Gasteiger partial charge is 0.220 e. The minimum absolute atomic E-state index is 0.217. The highest BCUT2D eigenvalue weighted by molar-refractivity contribution is 5.75. The summed E-state index contributed by atoms with van der Waals surface area (Å²) in [5.74, 6) is 0.217. The van der Waals surface area contributed by atoms with Gasteiger partial charge in [-0.25, -0.2) is 0 Å². The summed E-state index contributed by atoms with van der Waals surface area (Å²) in [5, 5.41) is 6.34. The predicted octanol–water partition coefficient (Wildman–Crippen LogP) is 2.22. The molecule has 0 unspecified atom stereocenters. The van der Waals surface area contributed by atoms with Crippen LogP contribution >= 0.6 is 0 Å². The standard InChI is InChI=1S/C13H26N2O/c1-2-3-4-5-6-7-13(16)15-11-10-14-12-8-9-12/h12,14H,2-11H2,1H3,(H,15,16). The van der Waals surface area contributed by atoms with E-state index < -0.39 is 0 Å². The monoisotopic (exact) mass is 226 g/mol. The van der Waals surface area contributed by atoms with Gasteiger partial charge in [0.05, 0.1) is 0 Å². The second kappa shape index (κ2) is 8.57. The zero-order chi connectivity index (χ0) is 11.6. The lowest BCUT2D eigenvalue weighted by atomic mass is 10.1. The molecule has 0 bridgehead atoms. The van der Waals surface area contributed by atoms with Gasteiger partial charge in [-0.15, -0.1) is 0 Å². The van der Waals surface area contributed by atoms with Crippen molar-refractivity contribution >= 4 is 5.91 Å². The van der Waals surface area contributed by atoms with E-state index in [1.54, 1.807) is 0 Å². The fraction of sp³-hybridized carbons (Fsp3) is 0.923. The van der Waals surface area contributed by atoms with Crippen LogP contribution in [-0.2, 0) is 4.79 Å². The number of unbranched alkanes of at least 4 members (excludes halogenated alkanes) is 4. The van der Waals surface area contributed by atoms with Gasteiger partial charge in [-0.3, -0.25) is 4.79 Å². The molecule has 1 saturated carbocycles. The number of carbonyl (C=O) groups excluding carboxylic acids is 1. The average Bonchev–Trinajstić information content (AvgIpc) is 3.08. The molecule has 0 aliphatic heterocycles. The zero-order valence-corrected chi connectivity index (χ0v) is 10.6. The van der Waals surface area contributed by atoms with Crippen molar-refractivity contribution in [3.8, 4) is 0 Å². The molecular weight excluding hydrogens is 200 g/mol. The molecule has 2 N–H and O–H groups in total. The lowest BCUT2D eigenvalue weighted by molar-refractivity contribution is -0.121. The third-order valence-electron chi connectivity index (χ3n) is 2.96. The van der Waals surface area contributed by atoms with E-state index in [9.17, 15) is 4.79 Å². The predicted molar refractivity (Wildman–Crippen MR) is 67.4 cm³/mol. The quantitative estimate of drug-likeness (QED) is 0.561. The Hall–Kier alpha value is -0.570. The Kier molecular flexibility index (Phi) is 7.23. The third-order valence-corrected chi connectivity index (χ3v) is 2.96. The molecule has 94 valence electrons. The second-order valence-corrected chi connectivity index (χ2v) is 4.74. The van der Waals surface area contributed by atoms with Gasteiger partial charge in [-0.1, -0.05) is 32.6 Å². The second-order valence-electron chi connectivity index (χ2n) is 4.74. The van der Waals surface area contributed by atoms with Crippen LogP contribution in [0.4, 0.5) is 0 Å². The van der Waals surface area contributed by atoms with Crippen molar-refractivity contribution < 1.29 is 4.79 Å². The first-order valence-electron chi connectivity index (χ1n) is 6.83. The van der Waals surface area contributed by atoms with E-state index >= 15 is 0 Å². The average molecular weight is 226 g/mol. The van der Waals surface area contributed by atoms with E-state index in [1.807, 2.05) is 0 Å². The number of carbonyl (C=O) groups is 1. The Morgan fingerprint density at radius 2 is 1.88 bits per heavy atom. The van der Waals surface area contributed by atoms with Crippen LogP contribution < -0.4 is 10.6 Å². The molecule has 16 heavy (non-hydrogen) atoms. The lowest BCUT2D eigenvalue weighted by Crippen LogP contribution is -2.32. The van der Waals surface area contributed by atoms with Gasteiger partial charge in [0.25, 0.3) is 0 Å². The van der Waals surface area contributed by atoms with E-state index in [0.29, 0.717) is 6.42 Å². The number of nitrogens with one attached hydrogen (secondary N) is 2. The van der Waals surface area contributed by atoms with Gasteiger partial charge in [0.15, 0.2) is 0 Å². The minimum atomic E-state index is 0.217. The topological polar surface area (TPSA) is 41.1 Å². The molecule has 1 amide bonds. The van der Waals surface area contributed by atoms with Gasteiger partial charge in [-0.05, 0) is 19.3 Å². The third kappa shape index (κ3) is 7.69. The van der Waals surface area contributed by atoms with Crippen molar-refractivity contribution in [1.29, 1.82) is 0 Å². The summed E-state index contributed by atoms with van der Waals surface area (Å²) < 4.78 is 0. The Bertz CT molecular complexity index is 190. The highest BCUT2D eigenvalue weighted by Gasteiger charge is 2.19. The van der Waals surface area contributed by atoms with Crippen LogP contribution in [0.3, 0.4) is 0 Å². The summed E-state index contributed by atoms with van der Waals surface area (Å²) in [5.41, 5.74) is 0. The highest BCUT2D eigenvalue weighted by Crippen LogP contribution is 2.17. The van der Waals surface area contributed by atoms with Gasteiger partial charge >= 0.3 is 0 Å². The number of hydrogen-bond donors (Lipinski definition) is 2. The molecule has 1 aliphatic rings. The van der Waals surface area contributed by atoms with Crippen molar-refractivity contribution in [2.24, 2.45) is 0 Å². The summed E-state index contributed by atoms with van der Waals surface area (Å²) >= 11 is 0. The van der Waals surface area contributed by atoms with Crippen LogP contribution in [0.2, 0.25) is 0 Å². The molecule has 0 heterocycles. The van der Waals surface area contributed by atoms with Gasteiger partial charge in [0.2, 0.25) is 5.91 Å². The SMILES string of the molecule is CCCCCCCC(=O)NCCNC1CC1. The molecule has 0 aromatic rings. The van der Waals surface area contributed by atoms with E-state index in [1.165, 1.54) is 38.5 Å². The van der Waals surface area contributed by atoms with Crippen molar-refractivity contribution in [2.45, 2.75) is 64.3 Å². The number of amides is 1. The van der Waals surface area contributed by atoms with E-state index in [4.69, 9.17) is 0 Å². The Labute approximate surface area is 99.4 Å². The van der Waals surface area contributed by atoms with Gasteiger partial charge in [0.1, 0.15) is 0 Å². The van der Waals surface area contributed by atoms with Crippen LogP contribution in [-0.4, -0.2) is 25.0 Å². The molecule has 1 rings (SSSR count). The van der Waals surface area contributed by atoms with Crippen molar-refractivity contribution in [3.05, 3.63) is 0 Å². The molecule has 1 aliphatic carbocycles. The summed E-state index contributed by atoms with van der Waals surface area (Å²) in [6.07, 6.45) is 9.40. The maximum atomic E-state index is 11.4. The first-order valence-corrected chi connectivity index (χ1v) is 6.83. The molecule has 3 nitrogen and oxygen atoms in total. The Morgan fingerprint density at radius 3 is 2.56 bits per heavy atom. The largest absolute Gasteiger partial charge is 0.355 e. The maximum Gasteiger partial charge on any atom is 0.220 e. The molecule has 0 spiro atoms. The molecule has 3 heteroatoms. The summed E-state index contributed by atoms with van der Waals surface area (Å²) in [4.78, 5) is 11.4. The van der Waals surface area contributed by atoms with Gasteiger partial charge in [0, 0.05) is 25.6 Å². The van der Waals surface area contributed by atoms with Crippen LogP contribution in [0.5, 0.6) is 0 Å².